The smallest absolute Gasteiger partial charge is 0.417 e. The second-order valence-electron chi connectivity index (χ2n) is 8.02. The van der Waals surface area contributed by atoms with Gasteiger partial charge in [-0.1, -0.05) is 50.3 Å². The SMILES string of the molecule is CC(C)(CC(O)(CC1=C2C=CC=CC2NC=C1)C(F)(F)F)c1cccc(O)c1. The first-order valence-corrected chi connectivity index (χ1v) is 9.11. The van der Waals surface area contributed by atoms with Crippen molar-refractivity contribution >= 4 is 0 Å². The summed E-state index contributed by atoms with van der Waals surface area (Å²) < 4.78 is 42.0. The zero-order valence-electron chi connectivity index (χ0n) is 15.8. The van der Waals surface area contributed by atoms with Crippen LogP contribution in [-0.2, 0) is 5.41 Å². The molecule has 1 aromatic carbocycles. The number of rotatable bonds is 5. The zero-order valence-corrected chi connectivity index (χ0v) is 15.8. The van der Waals surface area contributed by atoms with Gasteiger partial charge in [-0.2, -0.15) is 13.2 Å². The molecule has 28 heavy (non-hydrogen) atoms. The van der Waals surface area contributed by atoms with Crippen molar-refractivity contribution in [3.8, 4) is 5.75 Å². The number of alkyl halides is 3. The third-order valence-electron chi connectivity index (χ3n) is 5.33. The van der Waals surface area contributed by atoms with Gasteiger partial charge in [0.2, 0.25) is 0 Å². The molecule has 3 N–H and O–H groups in total. The summed E-state index contributed by atoms with van der Waals surface area (Å²) in [5.74, 6) is -0.0192. The van der Waals surface area contributed by atoms with E-state index in [2.05, 4.69) is 5.32 Å². The van der Waals surface area contributed by atoms with Crippen molar-refractivity contribution < 1.29 is 23.4 Å². The van der Waals surface area contributed by atoms with Crippen LogP contribution in [0.2, 0.25) is 0 Å². The lowest BCUT2D eigenvalue weighted by Gasteiger charge is -2.39. The van der Waals surface area contributed by atoms with E-state index in [0.717, 1.165) is 5.57 Å². The molecule has 1 heterocycles. The van der Waals surface area contributed by atoms with Crippen molar-refractivity contribution in [2.24, 2.45) is 0 Å². The fourth-order valence-corrected chi connectivity index (χ4v) is 3.84. The topological polar surface area (TPSA) is 52.5 Å². The van der Waals surface area contributed by atoms with E-state index in [1.165, 1.54) is 12.1 Å². The minimum absolute atomic E-state index is 0.0192. The lowest BCUT2D eigenvalue weighted by molar-refractivity contribution is -0.266. The van der Waals surface area contributed by atoms with E-state index in [1.54, 1.807) is 50.4 Å². The van der Waals surface area contributed by atoms with Crippen LogP contribution in [0.25, 0.3) is 0 Å². The number of phenols is 1. The van der Waals surface area contributed by atoms with Gasteiger partial charge in [0.25, 0.3) is 0 Å². The molecule has 1 aromatic rings. The quantitative estimate of drug-likeness (QED) is 0.685. The summed E-state index contributed by atoms with van der Waals surface area (Å²) in [7, 11) is 0. The molecule has 0 bridgehead atoms. The van der Waals surface area contributed by atoms with Crippen LogP contribution >= 0.6 is 0 Å². The maximum Gasteiger partial charge on any atom is 0.417 e. The number of fused-ring (bicyclic) bond motifs is 1. The molecule has 3 nitrogen and oxygen atoms in total. The lowest BCUT2D eigenvalue weighted by Crippen LogP contribution is -2.49. The fourth-order valence-electron chi connectivity index (χ4n) is 3.84. The second-order valence-corrected chi connectivity index (χ2v) is 8.02. The monoisotopic (exact) mass is 391 g/mol. The molecular weight excluding hydrogens is 367 g/mol. The van der Waals surface area contributed by atoms with E-state index in [9.17, 15) is 23.4 Å². The molecule has 0 spiro atoms. The highest BCUT2D eigenvalue weighted by Gasteiger charge is 2.56. The Morgan fingerprint density at radius 3 is 2.54 bits per heavy atom. The number of halogens is 3. The Morgan fingerprint density at radius 1 is 1.11 bits per heavy atom. The van der Waals surface area contributed by atoms with Crippen LogP contribution in [0.15, 0.2) is 72.0 Å². The van der Waals surface area contributed by atoms with E-state index in [0.29, 0.717) is 11.1 Å². The number of allylic oxidation sites excluding steroid dienone is 3. The van der Waals surface area contributed by atoms with Crippen LogP contribution in [0.4, 0.5) is 13.2 Å². The molecule has 0 saturated carbocycles. The van der Waals surface area contributed by atoms with Gasteiger partial charge >= 0.3 is 6.18 Å². The zero-order chi connectivity index (χ0) is 20.6. The van der Waals surface area contributed by atoms with Crippen LogP contribution in [0.5, 0.6) is 5.75 Å². The number of dihydropyridines is 1. The van der Waals surface area contributed by atoms with Crippen LogP contribution in [0.3, 0.4) is 0 Å². The Morgan fingerprint density at radius 2 is 1.86 bits per heavy atom. The van der Waals surface area contributed by atoms with E-state index < -0.39 is 30.0 Å². The second kappa shape index (κ2) is 7.17. The summed E-state index contributed by atoms with van der Waals surface area (Å²) in [5.41, 5.74) is -2.20. The van der Waals surface area contributed by atoms with Crippen molar-refractivity contribution in [2.45, 2.75) is 49.9 Å². The summed E-state index contributed by atoms with van der Waals surface area (Å²) in [5, 5.41) is 23.6. The summed E-state index contributed by atoms with van der Waals surface area (Å²) in [4.78, 5) is 0. The first kappa shape index (κ1) is 20.3. The van der Waals surface area contributed by atoms with Crippen LogP contribution < -0.4 is 5.32 Å². The number of hydrogen-bond donors (Lipinski definition) is 3. The molecule has 6 heteroatoms. The maximum atomic E-state index is 14.0. The summed E-state index contributed by atoms with van der Waals surface area (Å²) in [6, 6.07) is 5.96. The highest BCUT2D eigenvalue weighted by atomic mass is 19.4. The van der Waals surface area contributed by atoms with E-state index in [1.807, 2.05) is 12.2 Å². The third-order valence-corrected chi connectivity index (χ3v) is 5.33. The average Bonchev–Trinajstić information content (AvgIpc) is 2.61. The molecule has 2 atom stereocenters. The predicted molar refractivity (Wildman–Crippen MR) is 103 cm³/mol. The highest BCUT2D eigenvalue weighted by molar-refractivity contribution is 5.47. The van der Waals surface area contributed by atoms with Gasteiger partial charge in [0.05, 0.1) is 6.04 Å². The van der Waals surface area contributed by atoms with Crippen LogP contribution in [0.1, 0.15) is 32.3 Å². The molecule has 2 unspecified atom stereocenters. The van der Waals surface area contributed by atoms with Gasteiger partial charge < -0.3 is 15.5 Å². The summed E-state index contributed by atoms with van der Waals surface area (Å²) >= 11 is 0. The number of benzene rings is 1. The van der Waals surface area contributed by atoms with Crippen molar-refractivity contribution in [3.05, 3.63) is 77.6 Å². The minimum atomic E-state index is -4.81. The van der Waals surface area contributed by atoms with Gasteiger partial charge in [0.1, 0.15) is 5.75 Å². The Labute approximate surface area is 162 Å². The Balaban J connectivity index is 1.95. The molecule has 0 saturated heterocycles. The van der Waals surface area contributed by atoms with Gasteiger partial charge in [-0.3, -0.25) is 0 Å². The first-order chi connectivity index (χ1) is 13.0. The molecule has 0 radical (unpaired) electrons. The molecule has 1 aliphatic heterocycles. The lowest BCUT2D eigenvalue weighted by atomic mass is 9.72. The van der Waals surface area contributed by atoms with Gasteiger partial charge in [0, 0.05) is 6.42 Å². The van der Waals surface area contributed by atoms with Crippen molar-refractivity contribution in [1.29, 1.82) is 0 Å². The molecule has 2 aliphatic rings. The Kier molecular flexibility index (Phi) is 5.19. The van der Waals surface area contributed by atoms with E-state index >= 15 is 0 Å². The number of aromatic hydroxyl groups is 1. The molecule has 1 aliphatic carbocycles. The third kappa shape index (κ3) is 4.02. The number of nitrogens with one attached hydrogen (secondary N) is 1. The number of phenolic OH excluding ortho intramolecular Hbond substituents is 1. The maximum absolute atomic E-state index is 14.0. The van der Waals surface area contributed by atoms with Crippen LogP contribution in [0, 0.1) is 0 Å². The van der Waals surface area contributed by atoms with E-state index in [-0.39, 0.29) is 11.8 Å². The minimum Gasteiger partial charge on any atom is -0.508 e. The summed E-state index contributed by atoms with van der Waals surface area (Å²) in [6.07, 6.45) is 4.57. The van der Waals surface area contributed by atoms with Crippen molar-refractivity contribution in [2.75, 3.05) is 0 Å². The van der Waals surface area contributed by atoms with Crippen molar-refractivity contribution in [3.63, 3.8) is 0 Å². The van der Waals surface area contributed by atoms with Gasteiger partial charge in [0.15, 0.2) is 5.60 Å². The standard InChI is InChI=1S/C22H24F3NO2/c1-20(2,16-6-5-7-17(27)12-16)14-21(28,22(23,24)25)13-15-10-11-26-19-9-4-3-8-18(15)19/h3-12,19,26-28H,13-14H2,1-2H3. The number of hydrogen-bond acceptors (Lipinski definition) is 3. The molecule has 0 fully saturated rings. The first-order valence-electron chi connectivity index (χ1n) is 9.11. The average molecular weight is 391 g/mol. The normalized spacial score (nSPS) is 21.3. The Hall–Kier alpha value is -2.47. The predicted octanol–water partition coefficient (Wildman–Crippen LogP) is 4.65. The van der Waals surface area contributed by atoms with Crippen molar-refractivity contribution in [1.82, 2.24) is 5.32 Å². The van der Waals surface area contributed by atoms with Gasteiger partial charge in [-0.15, -0.1) is 0 Å². The van der Waals surface area contributed by atoms with E-state index in [4.69, 9.17) is 0 Å². The highest BCUT2D eigenvalue weighted by Crippen LogP contribution is 2.45. The molecular formula is C22H24F3NO2. The largest absolute Gasteiger partial charge is 0.508 e. The molecule has 0 aromatic heterocycles. The molecule has 3 rings (SSSR count). The fraction of sp³-hybridized carbons (Fsp3) is 0.364. The van der Waals surface area contributed by atoms with Gasteiger partial charge in [-0.25, -0.2) is 0 Å². The van der Waals surface area contributed by atoms with Crippen LogP contribution in [-0.4, -0.2) is 28.0 Å². The molecule has 150 valence electrons. The Bertz CT molecular complexity index is 865. The summed E-state index contributed by atoms with van der Waals surface area (Å²) in [6.45, 7) is 3.28. The number of aliphatic hydroxyl groups is 1. The van der Waals surface area contributed by atoms with Gasteiger partial charge in [-0.05, 0) is 53.0 Å². The molecule has 0 amide bonds.